The summed E-state index contributed by atoms with van der Waals surface area (Å²) < 4.78 is 11.2. The Kier molecular flexibility index (Phi) is 7.28. The van der Waals surface area contributed by atoms with E-state index < -0.39 is 5.60 Å². The van der Waals surface area contributed by atoms with Gasteiger partial charge in [0.1, 0.15) is 10.8 Å². The van der Waals surface area contributed by atoms with Crippen molar-refractivity contribution in [1.29, 1.82) is 0 Å². The molecule has 1 aromatic rings. The molecule has 6 nitrogen and oxygen atoms in total. The number of piperidine rings is 1. The zero-order valence-corrected chi connectivity index (χ0v) is 16.4. The standard InChI is InChI=1S/C17H25Cl2N3O3/c1-17(2,3)25-16(23)22-8-5-4-6-13(22)7-9-24-11-12-10-20-15(19)21-14(12)18/h10,13H,4-9,11H2,1-3H3/t13-/m0/s1. The maximum absolute atomic E-state index is 12.4. The zero-order chi connectivity index (χ0) is 18.4. The average molecular weight is 390 g/mol. The number of rotatable bonds is 5. The van der Waals surface area contributed by atoms with Crippen molar-refractivity contribution >= 4 is 29.3 Å². The molecule has 0 N–H and O–H groups in total. The van der Waals surface area contributed by atoms with Gasteiger partial charge in [0.15, 0.2) is 0 Å². The van der Waals surface area contributed by atoms with Gasteiger partial charge in [-0.3, -0.25) is 0 Å². The molecule has 0 aliphatic carbocycles. The predicted molar refractivity (Wildman–Crippen MR) is 96.9 cm³/mol. The van der Waals surface area contributed by atoms with Crippen LogP contribution in [0, 0.1) is 0 Å². The van der Waals surface area contributed by atoms with E-state index in [1.54, 1.807) is 6.20 Å². The minimum Gasteiger partial charge on any atom is -0.444 e. The highest BCUT2D eigenvalue weighted by Crippen LogP contribution is 2.23. The molecule has 2 rings (SSSR count). The Balaban J connectivity index is 1.82. The maximum Gasteiger partial charge on any atom is 0.410 e. The van der Waals surface area contributed by atoms with Crippen molar-refractivity contribution in [3.63, 3.8) is 0 Å². The number of hydrogen-bond donors (Lipinski definition) is 0. The topological polar surface area (TPSA) is 64.5 Å². The first-order chi connectivity index (χ1) is 11.8. The quantitative estimate of drug-likeness (QED) is 0.421. The summed E-state index contributed by atoms with van der Waals surface area (Å²) in [5, 5.41) is 0.414. The van der Waals surface area contributed by atoms with Crippen LogP contribution in [-0.2, 0) is 16.1 Å². The van der Waals surface area contributed by atoms with Crippen LogP contribution in [0.5, 0.6) is 0 Å². The number of hydrogen-bond acceptors (Lipinski definition) is 5. The SMILES string of the molecule is CC(C)(C)OC(=O)N1CCCC[C@H]1CCOCc1cnc(Cl)nc1Cl. The summed E-state index contributed by atoms with van der Waals surface area (Å²) >= 11 is 11.7. The van der Waals surface area contributed by atoms with Crippen LogP contribution in [0.1, 0.15) is 52.0 Å². The van der Waals surface area contributed by atoms with E-state index in [9.17, 15) is 4.79 Å². The van der Waals surface area contributed by atoms with Crippen LogP contribution >= 0.6 is 23.2 Å². The van der Waals surface area contributed by atoms with E-state index >= 15 is 0 Å². The fourth-order valence-corrected chi connectivity index (χ4v) is 3.09. The number of carbonyl (C=O) groups excluding carboxylic acids is 1. The Morgan fingerprint density at radius 3 is 2.80 bits per heavy atom. The highest BCUT2D eigenvalue weighted by atomic mass is 35.5. The third-order valence-corrected chi connectivity index (χ3v) is 4.40. The van der Waals surface area contributed by atoms with Gasteiger partial charge in [-0.05, 0) is 58.1 Å². The molecule has 140 valence electrons. The van der Waals surface area contributed by atoms with Crippen molar-refractivity contribution in [3.8, 4) is 0 Å². The molecule has 1 saturated heterocycles. The second kappa shape index (κ2) is 9.01. The molecule has 1 aliphatic rings. The van der Waals surface area contributed by atoms with Crippen LogP contribution in [-0.4, -0.2) is 45.8 Å². The second-order valence-corrected chi connectivity index (χ2v) is 7.82. The lowest BCUT2D eigenvalue weighted by molar-refractivity contribution is 0.00378. The highest BCUT2D eigenvalue weighted by molar-refractivity contribution is 6.32. The first kappa shape index (κ1) is 20.2. The Labute approximate surface area is 158 Å². The molecular weight excluding hydrogens is 365 g/mol. The summed E-state index contributed by atoms with van der Waals surface area (Å²) in [6, 6.07) is 0.139. The normalized spacial score (nSPS) is 18.3. The molecule has 0 unspecified atom stereocenters. The van der Waals surface area contributed by atoms with Crippen LogP contribution in [0.2, 0.25) is 10.4 Å². The summed E-state index contributed by atoms with van der Waals surface area (Å²) in [4.78, 5) is 22.0. The largest absolute Gasteiger partial charge is 0.444 e. The third kappa shape index (κ3) is 6.60. The summed E-state index contributed by atoms with van der Waals surface area (Å²) in [7, 11) is 0. The van der Waals surface area contributed by atoms with Crippen molar-refractivity contribution in [2.24, 2.45) is 0 Å². The lowest BCUT2D eigenvalue weighted by atomic mass is 10.0. The molecule has 0 radical (unpaired) electrons. The molecular formula is C17H25Cl2N3O3. The second-order valence-electron chi connectivity index (χ2n) is 7.12. The van der Waals surface area contributed by atoms with E-state index in [0.717, 1.165) is 32.2 Å². The summed E-state index contributed by atoms with van der Waals surface area (Å²) in [6.07, 6.45) is 5.16. The molecule has 0 bridgehead atoms. The summed E-state index contributed by atoms with van der Waals surface area (Å²) in [6.45, 7) is 7.20. The number of amides is 1. The van der Waals surface area contributed by atoms with Gasteiger partial charge >= 0.3 is 6.09 Å². The van der Waals surface area contributed by atoms with Gasteiger partial charge < -0.3 is 14.4 Å². The Hall–Kier alpha value is -1.11. The van der Waals surface area contributed by atoms with Gasteiger partial charge in [0.2, 0.25) is 5.28 Å². The zero-order valence-electron chi connectivity index (χ0n) is 14.9. The van der Waals surface area contributed by atoms with Crippen molar-refractivity contribution in [1.82, 2.24) is 14.9 Å². The fraction of sp³-hybridized carbons (Fsp3) is 0.706. The molecule has 1 amide bonds. The van der Waals surface area contributed by atoms with Crippen LogP contribution in [0.4, 0.5) is 4.79 Å². The lowest BCUT2D eigenvalue weighted by Crippen LogP contribution is -2.46. The van der Waals surface area contributed by atoms with Crippen LogP contribution in [0.25, 0.3) is 0 Å². The molecule has 1 aliphatic heterocycles. The number of nitrogens with zero attached hydrogens (tertiary/aromatic N) is 3. The van der Waals surface area contributed by atoms with E-state index in [2.05, 4.69) is 9.97 Å². The van der Waals surface area contributed by atoms with Gasteiger partial charge in [0.05, 0.1) is 6.61 Å². The van der Waals surface area contributed by atoms with Crippen molar-refractivity contribution in [3.05, 3.63) is 22.2 Å². The molecule has 0 spiro atoms. The molecule has 0 aromatic carbocycles. The van der Waals surface area contributed by atoms with Gasteiger partial charge in [-0.1, -0.05) is 11.6 Å². The Morgan fingerprint density at radius 1 is 1.36 bits per heavy atom. The van der Waals surface area contributed by atoms with E-state index in [1.165, 1.54) is 0 Å². The summed E-state index contributed by atoms with van der Waals surface area (Å²) in [5.41, 5.74) is 0.208. The molecule has 1 fully saturated rings. The number of ether oxygens (including phenoxy) is 2. The predicted octanol–water partition coefficient (Wildman–Crippen LogP) is 4.48. The van der Waals surface area contributed by atoms with E-state index in [-0.39, 0.29) is 17.4 Å². The maximum atomic E-state index is 12.4. The van der Waals surface area contributed by atoms with Gasteiger partial charge in [-0.25, -0.2) is 14.8 Å². The monoisotopic (exact) mass is 389 g/mol. The third-order valence-electron chi connectivity index (χ3n) is 3.89. The number of halogens is 2. The number of likely N-dealkylation sites (tertiary alicyclic amines) is 1. The number of aromatic nitrogens is 2. The van der Waals surface area contributed by atoms with Gasteiger partial charge in [-0.15, -0.1) is 0 Å². The van der Waals surface area contributed by atoms with E-state index in [4.69, 9.17) is 32.7 Å². The van der Waals surface area contributed by atoms with Gasteiger partial charge in [0.25, 0.3) is 0 Å². The minimum absolute atomic E-state index is 0.115. The molecule has 0 saturated carbocycles. The van der Waals surface area contributed by atoms with E-state index in [1.807, 2.05) is 25.7 Å². The first-order valence-corrected chi connectivity index (χ1v) is 9.26. The fourth-order valence-electron chi connectivity index (χ4n) is 2.73. The average Bonchev–Trinajstić information content (AvgIpc) is 2.52. The highest BCUT2D eigenvalue weighted by Gasteiger charge is 2.30. The molecule has 2 heterocycles. The first-order valence-electron chi connectivity index (χ1n) is 8.50. The smallest absolute Gasteiger partial charge is 0.410 e. The van der Waals surface area contributed by atoms with Gasteiger partial charge in [0, 0.05) is 31.0 Å². The number of carbonyl (C=O) groups is 1. The van der Waals surface area contributed by atoms with Crippen molar-refractivity contribution < 1.29 is 14.3 Å². The Bertz CT molecular complexity index is 593. The minimum atomic E-state index is -0.485. The molecule has 8 heteroatoms. The lowest BCUT2D eigenvalue weighted by Gasteiger charge is -2.36. The van der Waals surface area contributed by atoms with Crippen LogP contribution < -0.4 is 0 Å². The van der Waals surface area contributed by atoms with Crippen molar-refractivity contribution in [2.45, 2.75) is 64.7 Å². The van der Waals surface area contributed by atoms with Crippen LogP contribution in [0.3, 0.4) is 0 Å². The molecule has 1 atom stereocenters. The van der Waals surface area contributed by atoms with Crippen molar-refractivity contribution in [2.75, 3.05) is 13.2 Å². The Morgan fingerprint density at radius 2 is 2.12 bits per heavy atom. The van der Waals surface area contributed by atoms with Gasteiger partial charge in [-0.2, -0.15) is 0 Å². The summed E-state index contributed by atoms with van der Waals surface area (Å²) in [5.74, 6) is 0. The van der Waals surface area contributed by atoms with Crippen LogP contribution in [0.15, 0.2) is 6.20 Å². The van der Waals surface area contributed by atoms with E-state index in [0.29, 0.717) is 23.9 Å². The molecule has 25 heavy (non-hydrogen) atoms. The molecule has 1 aromatic heterocycles.